The van der Waals surface area contributed by atoms with Crippen LogP contribution in [0.1, 0.15) is 26.0 Å². The van der Waals surface area contributed by atoms with Gasteiger partial charge in [0.1, 0.15) is 12.4 Å². The Bertz CT molecular complexity index is 1140. The van der Waals surface area contributed by atoms with Crippen molar-refractivity contribution in [1.82, 2.24) is 14.9 Å². The molecule has 7 nitrogen and oxygen atoms in total. The number of halogens is 1. The first-order valence-electron chi connectivity index (χ1n) is 9.38. The van der Waals surface area contributed by atoms with Crippen LogP contribution in [0.2, 0.25) is 0 Å². The van der Waals surface area contributed by atoms with Crippen LogP contribution in [0.25, 0.3) is 21.7 Å². The van der Waals surface area contributed by atoms with Gasteiger partial charge in [-0.1, -0.05) is 13.8 Å². The maximum absolute atomic E-state index is 12.9. The number of carbonyl (C=O) groups is 1. The minimum Gasteiger partial charge on any atom is -0.490 e. The molecule has 0 spiro atoms. The number of hydrogen-bond donors (Lipinski definition) is 2. The first-order valence-corrected chi connectivity index (χ1v) is 10.2. The van der Waals surface area contributed by atoms with Gasteiger partial charge in [-0.25, -0.2) is 4.79 Å². The smallest absolute Gasteiger partial charge is 0.404 e. The van der Waals surface area contributed by atoms with Gasteiger partial charge in [-0.3, -0.25) is 9.78 Å². The zero-order valence-electron chi connectivity index (χ0n) is 16.8. The normalized spacial score (nSPS) is 12.5. The SMILES string of the molecule is Cc1nccc2c1c(=O)n(C)c1cc(OCC(CC(C)C)NC(=O)O)c(Br)cc21. The number of nitrogens with one attached hydrogen (secondary N) is 1. The zero-order chi connectivity index (χ0) is 21.3. The summed E-state index contributed by atoms with van der Waals surface area (Å²) >= 11 is 3.55. The third-order valence-electron chi connectivity index (χ3n) is 4.88. The highest BCUT2D eigenvalue weighted by atomic mass is 79.9. The summed E-state index contributed by atoms with van der Waals surface area (Å²) in [6, 6.07) is 5.25. The summed E-state index contributed by atoms with van der Waals surface area (Å²) in [6.07, 6.45) is 1.28. The fourth-order valence-electron chi connectivity index (χ4n) is 3.59. The second-order valence-electron chi connectivity index (χ2n) is 7.57. The Morgan fingerprint density at radius 3 is 2.72 bits per heavy atom. The molecule has 0 fully saturated rings. The van der Waals surface area contributed by atoms with E-state index in [1.807, 2.05) is 39.0 Å². The van der Waals surface area contributed by atoms with Crippen LogP contribution in [0, 0.1) is 12.8 Å². The van der Waals surface area contributed by atoms with Crippen LogP contribution < -0.4 is 15.6 Å². The Labute approximate surface area is 176 Å². The molecule has 0 aliphatic heterocycles. The van der Waals surface area contributed by atoms with Gasteiger partial charge in [0.25, 0.3) is 5.56 Å². The molecule has 1 amide bonds. The summed E-state index contributed by atoms with van der Waals surface area (Å²) in [5, 5.41) is 13.9. The molecule has 154 valence electrons. The van der Waals surface area contributed by atoms with Crippen LogP contribution in [0.3, 0.4) is 0 Å². The summed E-state index contributed by atoms with van der Waals surface area (Å²) in [5.74, 6) is 0.873. The van der Waals surface area contributed by atoms with Crippen molar-refractivity contribution in [2.24, 2.45) is 13.0 Å². The lowest BCUT2D eigenvalue weighted by molar-refractivity contribution is 0.176. The van der Waals surface area contributed by atoms with Crippen molar-refractivity contribution in [3.63, 3.8) is 0 Å². The fraction of sp³-hybridized carbons (Fsp3) is 0.381. The van der Waals surface area contributed by atoms with Crippen LogP contribution >= 0.6 is 15.9 Å². The lowest BCUT2D eigenvalue weighted by atomic mass is 10.0. The third kappa shape index (κ3) is 4.37. The number of aryl methyl sites for hydroxylation is 2. The van der Waals surface area contributed by atoms with Gasteiger partial charge in [0.05, 0.1) is 27.1 Å². The maximum Gasteiger partial charge on any atom is 0.404 e. The third-order valence-corrected chi connectivity index (χ3v) is 5.50. The Balaban J connectivity index is 2.03. The van der Waals surface area contributed by atoms with E-state index >= 15 is 0 Å². The van der Waals surface area contributed by atoms with Gasteiger partial charge in [-0.15, -0.1) is 0 Å². The molecule has 1 aromatic carbocycles. The topological polar surface area (TPSA) is 93.5 Å². The Hall–Kier alpha value is -2.61. The molecule has 3 rings (SSSR count). The predicted molar refractivity (Wildman–Crippen MR) is 117 cm³/mol. The van der Waals surface area contributed by atoms with E-state index in [-0.39, 0.29) is 18.2 Å². The highest BCUT2D eigenvalue weighted by Gasteiger charge is 2.17. The number of benzene rings is 1. The number of rotatable bonds is 6. The molecular formula is C21H24BrN3O4. The zero-order valence-corrected chi connectivity index (χ0v) is 18.4. The average Bonchev–Trinajstić information content (AvgIpc) is 2.63. The van der Waals surface area contributed by atoms with Crippen molar-refractivity contribution in [2.75, 3.05) is 6.61 Å². The standard InChI is InChI=1S/C21H24BrN3O4/c1-11(2)7-13(24-21(27)28)10-29-18-9-17-15(8-16(18)22)14-5-6-23-12(3)19(14)20(26)25(17)4/h5-6,8-9,11,13,24H,7,10H2,1-4H3,(H,27,28). The molecule has 0 aliphatic rings. The van der Waals surface area contributed by atoms with E-state index in [4.69, 9.17) is 9.84 Å². The van der Waals surface area contributed by atoms with Gasteiger partial charge in [-0.05, 0) is 52.7 Å². The van der Waals surface area contributed by atoms with Gasteiger partial charge in [0.2, 0.25) is 0 Å². The van der Waals surface area contributed by atoms with Crippen LogP contribution in [0.15, 0.2) is 33.7 Å². The minimum absolute atomic E-state index is 0.114. The van der Waals surface area contributed by atoms with Gasteiger partial charge in [-0.2, -0.15) is 0 Å². The molecule has 29 heavy (non-hydrogen) atoms. The molecule has 0 saturated carbocycles. The first-order chi connectivity index (χ1) is 13.7. The van der Waals surface area contributed by atoms with E-state index in [1.54, 1.807) is 17.8 Å². The summed E-state index contributed by atoms with van der Waals surface area (Å²) in [4.78, 5) is 28.2. The first kappa shape index (κ1) is 21.1. The molecule has 0 bridgehead atoms. The lowest BCUT2D eigenvalue weighted by Gasteiger charge is -2.20. The molecule has 8 heteroatoms. The average molecular weight is 462 g/mol. The van der Waals surface area contributed by atoms with E-state index in [2.05, 4.69) is 26.2 Å². The summed E-state index contributed by atoms with van der Waals surface area (Å²) in [5.41, 5.74) is 1.31. The Kier molecular flexibility index (Phi) is 6.12. The molecule has 0 saturated heterocycles. The molecule has 1 atom stereocenters. The molecule has 2 aromatic heterocycles. The second kappa shape index (κ2) is 8.41. The maximum atomic E-state index is 12.9. The van der Waals surface area contributed by atoms with E-state index in [0.717, 1.165) is 20.8 Å². The van der Waals surface area contributed by atoms with Crippen molar-refractivity contribution >= 4 is 43.7 Å². The van der Waals surface area contributed by atoms with Crippen LogP contribution in [-0.4, -0.2) is 33.4 Å². The van der Waals surface area contributed by atoms with E-state index in [9.17, 15) is 9.59 Å². The van der Waals surface area contributed by atoms with Gasteiger partial charge < -0.3 is 19.7 Å². The number of carboxylic acid groups (broad SMARTS) is 1. The number of pyridine rings is 2. The van der Waals surface area contributed by atoms with Crippen molar-refractivity contribution in [3.05, 3.63) is 44.9 Å². The highest BCUT2D eigenvalue weighted by Crippen LogP contribution is 2.33. The molecule has 3 aromatic rings. The van der Waals surface area contributed by atoms with E-state index < -0.39 is 6.09 Å². The minimum atomic E-state index is -1.07. The van der Waals surface area contributed by atoms with E-state index in [1.165, 1.54) is 0 Å². The molecule has 0 radical (unpaired) electrons. The largest absolute Gasteiger partial charge is 0.490 e. The number of hydrogen-bond acceptors (Lipinski definition) is 4. The number of aromatic nitrogens is 2. The van der Waals surface area contributed by atoms with Crippen molar-refractivity contribution in [3.8, 4) is 5.75 Å². The van der Waals surface area contributed by atoms with Crippen molar-refractivity contribution in [2.45, 2.75) is 33.2 Å². The van der Waals surface area contributed by atoms with Gasteiger partial charge in [0.15, 0.2) is 0 Å². The van der Waals surface area contributed by atoms with Gasteiger partial charge in [0, 0.05) is 24.7 Å². The van der Waals surface area contributed by atoms with Crippen LogP contribution in [-0.2, 0) is 7.05 Å². The quantitative estimate of drug-likeness (QED) is 0.535. The molecule has 0 aliphatic carbocycles. The predicted octanol–water partition coefficient (Wildman–Crippen LogP) is 4.22. The van der Waals surface area contributed by atoms with E-state index in [0.29, 0.717) is 29.2 Å². The summed E-state index contributed by atoms with van der Waals surface area (Å²) in [7, 11) is 1.72. The van der Waals surface area contributed by atoms with Crippen LogP contribution in [0.4, 0.5) is 4.79 Å². The summed E-state index contributed by atoms with van der Waals surface area (Å²) in [6.45, 7) is 6.08. The number of amides is 1. The van der Waals surface area contributed by atoms with Gasteiger partial charge >= 0.3 is 6.09 Å². The van der Waals surface area contributed by atoms with Crippen molar-refractivity contribution < 1.29 is 14.6 Å². The summed E-state index contributed by atoms with van der Waals surface area (Å²) < 4.78 is 8.26. The van der Waals surface area contributed by atoms with Crippen LogP contribution in [0.5, 0.6) is 5.75 Å². The molecular weight excluding hydrogens is 438 g/mol. The second-order valence-corrected chi connectivity index (χ2v) is 8.42. The monoisotopic (exact) mass is 461 g/mol. The lowest BCUT2D eigenvalue weighted by Crippen LogP contribution is -2.39. The highest BCUT2D eigenvalue weighted by molar-refractivity contribution is 9.10. The number of ether oxygens (including phenoxy) is 1. The molecule has 1 unspecified atom stereocenters. The molecule has 2 heterocycles. The van der Waals surface area contributed by atoms with Crippen molar-refractivity contribution in [1.29, 1.82) is 0 Å². The Morgan fingerprint density at radius 2 is 2.07 bits per heavy atom. The fourth-order valence-corrected chi connectivity index (χ4v) is 4.04. The number of fused-ring (bicyclic) bond motifs is 3. The Morgan fingerprint density at radius 1 is 1.34 bits per heavy atom. The number of nitrogens with zero attached hydrogens (tertiary/aromatic N) is 2. The molecule has 2 N–H and O–H groups in total.